The molecule has 3 amide bonds. The van der Waals surface area contributed by atoms with Crippen LogP contribution in [0.3, 0.4) is 0 Å². The van der Waals surface area contributed by atoms with Crippen molar-refractivity contribution < 1.29 is 19.1 Å². The van der Waals surface area contributed by atoms with E-state index in [1.165, 1.54) is 12.1 Å². The Morgan fingerprint density at radius 2 is 1.78 bits per heavy atom. The van der Waals surface area contributed by atoms with Gasteiger partial charge < -0.3 is 14.5 Å². The zero-order valence-corrected chi connectivity index (χ0v) is 15.6. The minimum Gasteiger partial charge on any atom is -0.497 e. The van der Waals surface area contributed by atoms with E-state index in [1.54, 1.807) is 35.2 Å². The van der Waals surface area contributed by atoms with Crippen LogP contribution < -0.4 is 4.74 Å². The van der Waals surface area contributed by atoms with Crippen LogP contribution in [0.5, 0.6) is 5.75 Å². The van der Waals surface area contributed by atoms with Gasteiger partial charge in [0, 0.05) is 58.3 Å². The number of carbonyl (C=O) groups excluding carboxylic acids is 3. The molecule has 0 aliphatic carbocycles. The summed E-state index contributed by atoms with van der Waals surface area (Å²) in [5, 5.41) is 5.32. The van der Waals surface area contributed by atoms with Crippen molar-refractivity contribution in [3.8, 4) is 5.75 Å². The van der Waals surface area contributed by atoms with E-state index in [4.69, 9.17) is 4.74 Å². The SMILES string of the molecule is COc1ccnc(C(=O)N2CCCN(C(=O)C3=NN(C)C(=O)CC3)CC2)c1. The first-order valence-electron chi connectivity index (χ1n) is 8.92. The first-order chi connectivity index (χ1) is 13.0. The monoisotopic (exact) mass is 373 g/mol. The molecule has 0 bridgehead atoms. The number of amides is 3. The fourth-order valence-electron chi connectivity index (χ4n) is 3.15. The van der Waals surface area contributed by atoms with Crippen molar-refractivity contribution in [3.05, 3.63) is 24.0 Å². The Balaban J connectivity index is 1.65. The summed E-state index contributed by atoms with van der Waals surface area (Å²) in [7, 11) is 3.09. The Kier molecular flexibility index (Phi) is 5.68. The predicted octanol–water partition coefficient (Wildman–Crippen LogP) is 0.373. The normalized spacial score (nSPS) is 18.1. The topological polar surface area (TPSA) is 95.4 Å². The second kappa shape index (κ2) is 8.15. The molecule has 3 rings (SSSR count). The van der Waals surface area contributed by atoms with Crippen LogP contribution in [0.4, 0.5) is 0 Å². The highest BCUT2D eigenvalue weighted by atomic mass is 16.5. The Hall–Kier alpha value is -2.97. The van der Waals surface area contributed by atoms with Gasteiger partial charge in [-0.2, -0.15) is 5.10 Å². The summed E-state index contributed by atoms with van der Waals surface area (Å²) in [6.45, 7) is 1.94. The number of nitrogens with zero attached hydrogens (tertiary/aromatic N) is 5. The molecule has 0 atom stereocenters. The highest BCUT2D eigenvalue weighted by Gasteiger charge is 2.28. The van der Waals surface area contributed by atoms with Crippen molar-refractivity contribution in [2.75, 3.05) is 40.3 Å². The maximum Gasteiger partial charge on any atom is 0.272 e. The Morgan fingerprint density at radius 1 is 1.07 bits per heavy atom. The number of carbonyl (C=O) groups is 3. The van der Waals surface area contributed by atoms with Crippen LogP contribution in [0.2, 0.25) is 0 Å². The third kappa shape index (κ3) is 4.24. The minimum atomic E-state index is -0.177. The molecule has 0 saturated carbocycles. The van der Waals surface area contributed by atoms with E-state index in [0.717, 1.165) is 0 Å². The molecule has 27 heavy (non-hydrogen) atoms. The van der Waals surface area contributed by atoms with Crippen LogP contribution in [0.1, 0.15) is 29.8 Å². The van der Waals surface area contributed by atoms with Gasteiger partial charge in [0.25, 0.3) is 11.8 Å². The second-order valence-electron chi connectivity index (χ2n) is 6.48. The molecule has 144 valence electrons. The van der Waals surface area contributed by atoms with Crippen molar-refractivity contribution in [3.63, 3.8) is 0 Å². The van der Waals surface area contributed by atoms with Crippen LogP contribution in [0.15, 0.2) is 23.4 Å². The highest BCUT2D eigenvalue weighted by Crippen LogP contribution is 2.15. The van der Waals surface area contributed by atoms with Crippen molar-refractivity contribution in [2.45, 2.75) is 19.3 Å². The Bertz CT molecular complexity index is 779. The number of hydrogen-bond donors (Lipinski definition) is 0. The number of rotatable bonds is 3. The molecule has 1 aromatic rings. The molecule has 9 heteroatoms. The first-order valence-corrected chi connectivity index (χ1v) is 8.92. The summed E-state index contributed by atoms with van der Waals surface area (Å²) in [4.78, 5) is 44.5. The fourth-order valence-corrected chi connectivity index (χ4v) is 3.15. The molecular formula is C18H23N5O4. The van der Waals surface area contributed by atoms with Gasteiger partial charge in [0.1, 0.15) is 17.2 Å². The van der Waals surface area contributed by atoms with Crippen molar-refractivity contribution in [1.29, 1.82) is 0 Å². The zero-order chi connectivity index (χ0) is 19.4. The zero-order valence-electron chi connectivity index (χ0n) is 15.6. The van der Waals surface area contributed by atoms with Gasteiger partial charge in [-0.25, -0.2) is 5.01 Å². The third-order valence-electron chi connectivity index (χ3n) is 4.71. The van der Waals surface area contributed by atoms with Crippen LogP contribution in [-0.2, 0) is 9.59 Å². The standard InChI is InChI=1S/C18H23N5O4/c1-21-16(24)5-4-14(20-21)17(25)22-8-3-9-23(11-10-22)18(26)15-12-13(27-2)6-7-19-15/h6-7,12H,3-5,8-11H2,1-2H3. The van der Waals surface area contributed by atoms with E-state index in [9.17, 15) is 14.4 Å². The number of methoxy groups -OCH3 is 1. The first kappa shape index (κ1) is 18.8. The van der Waals surface area contributed by atoms with Crippen molar-refractivity contribution in [2.24, 2.45) is 5.10 Å². The molecule has 3 heterocycles. The maximum atomic E-state index is 12.7. The van der Waals surface area contributed by atoms with E-state index < -0.39 is 0 Å². The van der Waals surface area contributed by atoms with E-state index in [1.807, 2.05) is 0 Å². The second-order valence-corrected chi connectivity index (χ2v) is 6.48. The van der Waals surface area contributed by atoms with E-state index in [0.29, 0.717) is 62.6 Å². The molecule has 2 aliphatic heterocycles. The lowest BCUT2D eigenvalue weighted by Crippen LogP contribution is -2.42. The van der Waals surface area contributed by atoms with Crippen molar-refractivity contribution in [1.82, 2.24) is 19.8 Å². The third-order valence-corrected chi connectivity index (χ3v) is 4.71. The number of pyridine rings is 1. The molecule has 0 radical (unpaired) electrons. The summed E-state index contributed by atoms with van der Waals surface area (Å²) in [6, 6.07) is 3.30. The van der Waals surface area contributed by atoms with Gasteiger partial charge in [-0.15, -0.1) is 0 Å². The highest BCUT2D eigenvalue weighted by molar-refractivity contribution is 6.39. The van der Waals surface area contributed by atoms with E-state index >= 15 is 0 Å². The molecule has 2 aliphatic rings. The molecule has 1 saturated heterocycles. The Labute approximate surface area is 157 Å². The van der Waals surface area contributed by atoms with Crippen LogP contribution in [0, 0.1) is 0 Å². The van der Waals surface area contributed by atoms with Gasteiger partial charge in [0.15, 0.2) is 0 Å². The largest absolute Gasteiger partial charge is 0.497 e. The smallest absolute Gasteiger partial charge is 0.272 e. The number of ether oxygens (including phenoxy) is 1. The fraction of sp³-hybridized carbons (Fsp3) is 0.500. The van der Waals surface area contributed by atoms with Crippen LogP contribution >= 0.6 is 0 Å². The van der Waals surface area contributed by atoms with E-state index in [2.05, 4.69) is 10.1 Å². The van der Waals surface area contributed by atoms with Gasteiger partial charge in [-0.3, -0.25) is 19.4 Å². The summed E-state index contributed by atoms with van der Waals surface area (Å²) in [6.07, 6.45) is 2.86. The molecule has 0 aromatic carbocycles. The summed E-state index contributed by atoms with van der Waals surface area (Å²) < 4.78 is 5.14. The lowest BCUT2D eigenvalue weighted by Gasteiger charge is -2.25. The molecular weight excluding hydrogens is 350 g/mol. The van der Waals surface area contributed by atoms with Gasteiger partial charge >= 0.3 is 0 Å². The summed E-state index contributed by atoms with van der Waals surface area (Å²) in [5.74, 6) is 0.144. The predicted molar refractivity (Wildman–Crippen MR) is 97.3 cm³/mol. The van der Waals surface area contributed by atoms with Crippen molar-refractivity contribution >= 4 is 23.4 Å². The Morgan fingerprint density at radius 3 is 2.44 bits per heavy atom. The molecule has 0 spiro atoms. The quantitative estimate of drug-likeness (QED) is 0.763. The number of hydrazone groups is 1. The summed E-state index contributed by atoms with van der Waals surface area (Å²) >= 11 is 0. The van der Waals surface area contributed by atoms with Gasteiger partial charge in [0.05, 0.1) is 7.11 Å². The molecule has 0 unspecified atom stereocenters. The lowest BCUT2D eigenvalue weighted by atomic mass is 10.1. The van der Waals surface area contributed by atoms with E-state index in [-0.39, 0.29) is 17.7 Å². The minimum absolute atomic E-state index is 0.0926. The van der Waals surface area contributed by atoms with Crippen LogP contribution in [-0.4, -0.2) is 83.6 Å². The number of aromatic nitrogens is 1. The maximum absolute atomic E-state index is 12.7. The van der Waals surface area contributed by atoms with Crippen LogP contribution in [0.25, 0.3) is 0 Å². The molecule has 0 N–H and O–H groups in total. The average molecular weight is 373 g/mol. The van der Waals surface area contributed by atoms with Gasteiger partial charge in [0.2, 0.25) is 5.91 Å². The van der Waals surface area contributed by atoms with Gasteiger partial charge in [-0.1, -0.05) is 0 Å². The lowest BCUT2D eigenvalue weighted by molar-refractivity contribution is -0.130. The molecule has 1 aromatic heterocycles. The average Bonchev–Trinajstić information content (AvgIpc) is 2.95. The molecule has 9 nitrogen and oxygen atoms in total. The molecule has 1 fully saturated rings. The van der Waals surface area contributed by atoms with Gasteiger partial charge in [-0.05, 0) is 12.5 Å². The number of hydrogen-bond acceptors (Lipinski definition) is 6. The summed E-state index contributed by atoms with van der Waals surface area (Å²) in [5.41, 5.74) is 0.720.